The number of carbonyl (C=O) groups is 2. The van der Waals surface area contributed by atoms with E-state index >= 15 is 0 Å². The maximum atomic E-state index is 11.9. The number of aromatic hydroxyl groups is 1. The summed E-state index contributed by atoms with van der Waals surface area (Å²) in [5.74, 6) is -0.463. The highest BCUT2D eigenvalue weighted by molar-refractivity contribution is 14.1. The Labute approximate surface area is 226 Å². The number of nitrogens with two attached hydrogens (primary N) is 1. The highest BCUT2D eigenvalue weighted by Gasteiger charge is 2.26. The first-order chi connectivity index (χ1) is 13.4. The molecule has 0 aliphatic carbocycles. The van der Waals surface area contributed by atoms with Crippen LogP contribution in [-0.4, -0.2) is 28.1 Å². The van der Waals surface area contributed by atoms with Crippen molar-refractivity contribution in [3.63, 3.8) is 0 Å². The van der Waals surface area contributed by atoms with Crippen molar-refractivity contribution in [2.24, 2.45) is 5.73 Å². The molecule has 1 unspecified atom stereocenters. The van der Waals surface area contributed by atoms with Gasteiger partial charge in [0.2, 0.25) is 5.91 Å². The van der Waals surface area contributed by atoms with Crippen molar-refractivity contribution in [3.05, 3.63) is 38.0 Å². The van der Waals surface area contributed by atoms with Gasteiger partial charge in [0.05, 0.1) is 20.0 Å². The first-order valence-corrected chi connectivity index (χ1v) is 12.4. The summed E-state index contributed by atoms with van der Waals surface area (Å²) in [7, 11) is 0. The SMILES string of the molecule is CC(=O)N(Cl)c1c(CC(N)C(=O)O)cc(I)c(Oc2cc(I)c(O)c(I)c2)c1I. The van der Waals surface area contributed by atoms with Crippen LogP contribution in [0.4, 0.5) is 5.69 Å². The Morgan fingerprint density at radius 3 is 2.21 bits per heavy atom. The second kappa shape index (κ2) is 10.6. The summed E-state index contributed by atoms with van der Waals surface area (Å²) in [6, 6.07) is 3.91. The smallest absolute Gasteiger partial charge is 0.320 e. The second-order valence-electron chi connectivity index (χ2n) is 5.80. The van der Waals surface area contributed by atoms with E-state index in [9.17, 15) is 14.7 Å². The Morgan fingerprint density at radius 1 is 1.17 bits per heavy atom. The third kappa shape index (κ3) is 6.11. The van der Waals surface area contributed by atoms with Crippen molar-refractivity contribution in [2.75, 3.05) is 4.42 Å². The van der Waals surface area contributed by atoms with Crippen LogP contribution in [0.25, 0.3) is 0 Å². The van der Waals surface area contributed by atoms with Gasteiger partial charge in [0.15, 0.2) is 5.75 Å². The Hall–Kier alpha value is 0.150. The molecular formula is C17H13ClI4N2O5. The molecule has 2 aromatic rings. The number of carboxylic acids is 1. The van der Waals surface area contributed by atoms with Gasteiger partial charge >= 0.3 is 5.97 Å². The molecule has 12 heteroatoms. The molecular weight excluding hydrogens is 855 g/mol. The molecule has 0 bridgehead atoms. The van der Waals surface area contributed by atoms with Gasteiger partial charge in [0.25, 0.3) is 0 Å². The second-order valence-corrected chi connectivity index (χ2v) is 10.7. The minimum absolute atomic E-state index is 0.0115. The van der Waals surface area contributed by atoms with Crippen LogP contribution in [0.3, 0.4) is 0 Å². The van der Waals surface area contributed by atoms with Crippen LogP contribution in [0.2, 0.25) is 0 Å². The van der Waals surface area contributed by atoms with Gasteiger partial charge in [-0.05, 0) is 114 Å². The molecule has 0 aliphatic rings. The van der Waals surface area contributed by atoms with Crippen molar-refractivity contribution in [2.45, 2.75) is 19.4 Å². The molecule has 2 rings (SSSR count). The number of hydrogen-bond acceptors (Lipinski definition) is 5. The molecule has 156 valence electrons. The number of hydrogen-bond donors (Lipinski definition) is 3. The van der Waals surface area contributed by atoms with Gasteiger partial charge in [-0.2, -0.15) is 0 Å². The first kappa shape index (κ1) is 25.4. The molecule has 29 heavy (non-hydrogen) atoms. The highest BCUT2D eigenvalue weighted by Crippen LogP contribution is 2.42. The first-order valence-electron chi connectivity index (χ1n) is 7.75. The Balaban J connectivity index is 2.61. The zero-order chi connectivity index (χ0) is 22.0. The van der Waals surface area contributed by atoms with Gasteiger partial charge in [-0.3, -0.25) is 9.59 Å². The standard InChI is InChI=1S/C17H13ClI4N2O5/c1-6(25)24(18)14-7(3-12(23)17(27)28)2-11(21)16(13(14)22)29-8-4-9(19)15(26)10(20)5-8/h2,4-5,12,26H,3,23H2,1H3,(H,27,28). The lowest BCUT2D eigenvalue weighted by Gasteiger charge is -2.22. The maximum Gasteiger partial charge on any atom is 0.320 e. The number of ether oxygens (including phenoxy) is 1. The van der Waals surface area contributed by atoms with Gasteiger partial charge in [0.1, 0.15) is 17.5 Å². The fourth-order valence-corrected chi connectivity index (χ4v) is 6.61. The van der Waals surface area contributed by atoms with Crippen LogP contribution < -0.4 is 14.9 Å². The normalized spacial score (nSPS) is 11.8. The number of rotatable bonds is 6. The molecule has 7 nitrogen and oxygen atoms in total. The number of anilines is 1. The third-order valence-electron chi connectivity index (χ3n) is 3.67. The van der Waals surface area contributed by atoms with Crippen molar-refractivity contribution in [1.82, 2.24) is 0 Å². The Bertz CT molecular complexity index is 966. The highest BCUT2D eigenvalue weighted by atomic mass is 127. The van der Waals surface area contributed by atoms with Crippen molar-refractivity contribution in [1.29, 1.82) is 0 Å². The zero-order valence-electron chi connectivity index (χ0n) is 14.6. The maximum absolute atomic E-state index is 11.9. The van der Waals surface area contributed by atoms with Crippen LogP contribution in [-0.2, 0) is 16.0 Å². The number of phenolic OH excluding ortho intramolecular Hbond substituents is 1. The topological polar surface area (TPSA) is 113 Å². The molecule has 0 aliphatic heterocycles. The summed E-state index contributed by atoms with van der Waals surface area (Å²) in [6.07, 6.45) is -0.0115. The predicted molar refractivity (Wildman–Crippen MR) is 144 cm³/mol. The van der Waals surface area contributed by atoms with Gasteiger partial charge in [-0.25, -0.2) is 4.42 Å². The number of aliphatic carboxylic acids is 1. The third-order valence-corrected chi connectivity index (χ3v) is 7.52. The van der Waals surface area contributed by atoms with E-state index in [1.54, 1.807) is 18.2 Å². The summed E-state index contributed by atoms with van der Waals surface area (Å²) in [6.45, 7) is 1.30. The molecule has 0 heterocycles. The number of benzene rings is 2. The monoisotopic (exact) mass is 868 g/mol. The van der Waals surface area contributed by atoms with Gasteiger partial charge in [0, 0.05) is 25.1 Å². The van der Waals surface area contributed by atoms with Crippen molar-refractivity contribution in [3.8, 4) is 17.2 Å². The van der Waals surface area contributed by atoms with Gasteiger partial charge in [-0.1, -0.05) is 0 Å². The minimum Gasteiger partial charge on any atom is -0.506 e. The molecule has 2 aromatic carbocycles. The molecule has 4 N–H and O–H groups in total. The van der Waals surface area contributed by atoms with Crippen LogP contribution in [0.1, 0.15) is 12.5 Å². The molecule has 0 saturated heterocycles. The van der Waals surface area contributed by atoms with E-state index in [2.05, 4.69) is 22.6 Å². The molecule has 1 atom stereocenters. The van der Waals surface area contributed by atoms with Gasteiger partial charge < -0.3 is 20.7 Å². The molecule has 0 saturated carbocycles. The average molecular weight is 868 g/mol. The van der Waals surface area contributed by atoms with E-state index in [1.807, 2.05) is 67.8 Å². The van der Waals surface area contributed by atoms with Crippen LogP contribution >= 0.6 is 102 Å². The van der Waals surface area contributed by atoms with E-state index in [-0.39, 0.29) is 12.2 Å². The Morgan fingerprint density at radius 2 is 1.72 bits per heavy atom. The molecule has 0 fully saturated rings. The number of phenols is 1. The van der Waals surface area contributed by atoms with Crippen molar-refractivity contribution < 1.29 is 24.5 Å². The number of amides is 1. The van der Waals surface area contributed by atoms with Gasteiger partial charge in [-0.15, -0.1) is 0 Å². The summed E-state index contributed by atoms with van der Waals surface area (Å²) in [5, 5.41) is 19.1. The van der Waals surface area contributed by atoms with Crippen molar-refractivity contribution >= 4 is 120 Å². The minimum atomic E-state index is -1.15. The molecule has 0 aromatic heterocycles. The molecule has 0 radical (unpaired) electrons. The lowest BCUT2D eigenvalue weighted by molar-refractivity contribution is -0.138. The van der Waals surface area contributed by atoms with E-state index in [0.29, 0.717) is 37.0 Å². The number of nitrogens with zero attached hydrogens (tertiary/aromatic N) is 1. The summed E-state index contributed by atoms with van der Waals surface area (Å²) >= 11 is 14.3. The zero-order valence-corrected chi connectivity index (χ0v) is 23.9. The number of carbonyl (C=O) groups excluding carboxylic acids is 1. The lowest BCUT2D eigenvalue weighted by Crippen LogP contribution is -2.33. The number of carboxylic acid groups (broad SMARTS) is 1. The quantitative estimate of drug-likeness (QED) is 0.277. The number of halogens is 5. The van der Waals surface area contributed by atoms with Crippen LogP contribution in [0.15, 0.2) is 18.2 Å². The molecule has 0 spiro atoms. The Kier molecular flexibility index (Phi) is 9.33. The van der Waals surface area contributed by atoms with Crippen LogP contribution in [0, 0.1) is 14.3 Å². The fourth-order valence-electron chi connectivity index (χ4n) is 2.30. The lowest BCUT2D eigenvalue weighted by atomic mass is 10.0. The summed E-state index contributed by atoms with van der Waals surface area (Å²) in [4.78, 5) is 23.1. The fraction of sp³-hybridized carbons (Fsp3) is 0.176. The summed E-state index contributed by atoms with van der Waals surface area (Å²) < 4.78 is 9.46. The van der Waals surface area contributed by atoms with E-state index in [0.717, 1.165) is 4.42 Å². The van der Waals surface area contributed by atoms with E-state index < -0.39 is 17.9 Å². The molecule has 1 amide bonds. The largest absolute Gasteiger partial charge is 0.506 e. The van der Waals surface area contributed by atoms with Crippen LogP contribution in [0.5, 0.6) is 17.2 Å². The van der Waals surface area contributed by atoms with E-state index in [4.69, 9.17) is 27.4 Å². The summed E-state index contributed by atoms with van der Waals surface area (Å²) in [5.41, 5.74) is 6.54. The average Bonchev–Trinajstić information content (AvgIpc) is 2.62. The van der Waals surface area contributed by atoms with E-state index in [1.165, 1.54) is 6.92 Å². The predicted octanol–water partition coefficient (Wildman–Crippen LogP) is 5.06.